The van der Waals surface area contributed by atoms with Crippen molar-refractivity contribution in [1.29, 1.82) is 0 Å². The predicted octanol–water partition coefficient (Wildman–Crippen LogP) is 6.13. The second kappa shape index (κ2) is 7.85. The van der Waals surface area contributed by atoms with Crippen LogP contribution in [0.1, 0.15) is 5.56 Å². The summed E-state index contributed by atoms with van der Waals surface area (Å²) in [6.45, 7) is 0. The van der Waals surface area contributed by atoms with Crippen molar-refractivity contribution >= 4 is 63.2 Å². The molecule has 0 atom stereocenters. The van der Waals surface area contributed by atoms with Crippen LogP contribution in [0.25, 0.3) is 0 Å². The van der Waals surface area contributed by atoms with Gasteiger partial charge in [-0.25, -0.2) is 0 Å². The van der Waals surface area contributed by atoms with Crippen LogP contribution in [0.4, 0.5) is 41.6 Å². The topological polar surface area (TPSA) is 141 Å². The van der Waals surface area contributed by atoms with Gasteiger partial charge < -0.3 is 5.32 Å². The van der Waals surface area contributed by atoms with Crippen LogP contribution >= 0.6 is 34.8 Å². The highest BCUT2D eigenvalue weighted by atomic mass is 35.5. The molecule has 0 amide bonds. The van der Waals surface area contributed by atoms with E-state index in [1.807, 2.05) is 5.32 Å². The van der Waals surface area contributed by atoms with Crippen molar-refractivity contribution < 1.29 is 27.9 Å². The molecule has 0 unspecified atom stereocenters. The Labute approximate surface area is 172 Å². The molecule has 0 aliphatic heterocycles. The summed E-state index contributed by atoms with van der Waals surface area (Å²) in [5, 5.41) is 32.9. The lowest BCUT2D eigenvalue weighted by molar-refractivity contribution is -0.401. The number of nitrogens with zero attached hydrogens (tertiary/aromatic N) is 3. The number of anilines is 2. The van der Waals surface area contributed by atoms with Crippen molar-refractivity contribution in [3.63, 3.8) is 0 Å². The van der Waals surface area contributed by atoms with Crippen LogP contribution in [0.2, 0.25) is 15.1 Å². The number of rotatable bonds is 5. The number of hydrogen-bond donors (Lipinski definition) is 1. The van der Waals surface area contributed by atoms with Crippen LogP contribution in [0, 0.1) is 30.3 Å². The van der Waals surface area contributed by atoms with Crippen LogP contribution in [0.15, 0.2) is 18.2 Å². The smallest absolute Gasteiger partial charge is 0.342 e. The Hall–Kier alpha value is -2.90. The van der Waals surface area contributed by atoms with Crippen LogP contribution in [-0.4, -0.2) is 14.8 Å². The molecule has 0 saturated carbocycles. The maximum absolute atomic E-state index is 13.2. The molecule has 0 spiro atoms. The van der Waals surface area contributed by atoms with Gasteiger partial charge in [0.1, 0.15) is 0 Å². The third-order valence-corrected chi connectivity index (χ3v) is 4.36. The Morgan fingerprint density at radius 2 is 1.28 bits per heavy atom. The van der Waals surface area contributed by atoms with E-state index < -0.39 is 70.0 Å². The van der Waals surface area contributed by atoms with Gasteiger partial charge in [0.2, 0.25) is 0 Å². The minimum atomic E-state index is -5.05. The van der Waals surface area contributed by atoms with Gasteiger partial charge in [-0.05, 0) is 6.07 Å². The van der Waals surface area contributed by atoms with Gasteiger partial charge >= 0.3 is 17.6 Å². The first-order valence-corrected chi connectivity index (χ1v) is 8.02. The number of halogens is 6. The Balaban J connectivity index is 2.83. The maximum Gasteiger partial charge on any atom is 0.419 e. The lowest BCUT2D eigenvalue weighted by atomic mass is 10.1. The first-order chi connectivity index (χ1) is 13.3. The summed E-state index contributed by atoms with van der Waals surface area (Å²) < 4.78 is 39.6. The fraction of sp³-hybridized carbons (Fsp3) is 0.0769. The van der Waals surface area contributed by atoms with E-state index in [4.69, 9.17) is 34.8 Å². The van der Waals surface area contributed by atoms with Gasteiger partial charge in [-0.2, -0.15) is 13.2 Å². The highest BCUT2D eigenvalue weighted by Gasteiger charge is 2.39. The number of non-ortho nitro benzene ring substituents is 1. The maximum atomic E-state index is 13.2. The quantitative estimate of drug-likeness (QED) is 0.404. The molecule has 0 radical (unpaired) electrons. The Morgan fingerprint density at radius 1 is 0.793 bits per heavy atom. The zero-order valence-corrected chi connectivity index (χ0v) is 15.6. The lowest BCUT2D eigenvalue weighted by Crippen LogP contribution is -2.10. The second-order valence-corrected chi connectivity index (χ2v) is 6.35. The third-order valence-electron chi connectivity index (χ3n) is 3.39. The predicted molar refractivity (Wildman–Crippen MR) is 96.2 cm³/mol. The van der Waals surface area contributed by atoms with Gasteiger partial charge in [0.15, 0.2) is 5.69 Å². The van der Waals surface area contributed by atoms with Gasteiger partial charge in [-0.1, -0.05) is 34.8 Å². The molecule has 0 aliphatic rings. The molecule has 2 rings (SSSR count). The average molecular weight is 476 g/mol. The third kappa shape index (κ3) is 4.41. The number of nitro benzene ring substituents is 3. The molecule has 10 nitrogen and oxygen atoms in total. The van der Waals surface area contributed by atoms with Gasteiger partial charge in [-0.3, -0.25) is 30.3 Å². The van der Waals surface area contributed by atoms with Crippen LogP contribution in [0.3, 0.4) is 0 Å². The van der Waals surface area contributed by atoms with E-state index in [9.17, 15) is 43.5 Å². The molecule has 2 aromatic rings. The van der Waals surface area contributed by atoms with E-state index in [0.717, 1.165) is 0 Å². The fourth-order valence-electron chi connectivity index (χ4n) is 2.21. The average Bonchev–Trinajstić information content (AvgIpc) is 2.55. The first kappa shape index (κ1) is 22.4. The summed E-state index contributed by atoms with van der Waals surface area (Å²) >= 11 is 17.0. The largest absolute Gasteiger partial charge is 0.419 e. The number of alkyl halides is 3. The molecule has 2 aromatic carbocycles. The molecule has 0 heterocycles. The van der Waals surface area contributed by atoms with Crippen LogP contribution in [0.5, 0.6) is 0 Å². The summed E-state index contributed by atoms with van der Waals surface area (Å²) in [6, 6.07) is 1.40. The summed E-state index contributed by atoms with van der Waals surface area (Å²) in [5.41, 5.74) is -6.60. The Bertz CT molecular complexity index is 1030. The van der Waals surface area contributed by atoms with E-state index in [-0.39, 0.29) is 0 Å². The van der Waals surface area contributed by atoms with E-state index >= 15 is 0 Å². The molecule has 0 aliphatic carbocycles. The lowest BCUT2D eigenvalue weighted by Gasteiger charge is -2.17. The van der Waals surface area contributed by atoms with Crippen molar-refractivity contribution in [2.75, 3.05) is 5.32 Å². The van der Waals surface area contributed by atoms with Crippen molar-refractivity contribution in [1.82, 2.24) is 0 Å². The summed E-state index contributed by atoms with van der Waals surface area (Å²) in [4.78, 5) is 29.9. The van der Waals surface area contributed by atoms with Crippen molar-refractivity contribution in [3.8, 4) is 0 Å². The monoisotopic (exact) mass is 474 g/mol. The van der Waals surface area contributed by atoms with E-state index in [1.54, 1.807) is 0 Å². The molecule has 0 bridgehead atoms. The summed E-state index contributed by atoms with van der Waals surface area (Å²) in [7, 11) is 0. The number of nitrogens with one attached hydrogen (secondary N) is 1. The Morgan fingerprint density at radius 3 is 1.66 bits per heavy atom. The summed E-state index contributed by atoms with van der Waals surface area (Å²) in [6.07, 6.45) is -5.05. The number of benzene rings is 2. The van der Waals surface area contributed by atoms with E-state index in [2.05, 4.69) is 0 Å². The van der Waals surface area contributed by atoms with Crippen molar-refractivity contribution in [2.24, 2.45) is 0 Å². The van der Waals surface area contributed by atoms with Gasteiger partial charge in [0.05, 0.1) is 53.2 Å². The molecule has 0 fully saturated rings. The molecular formula is C13H4Cl3F3N4O6. The summed E-state index contributed by atoms with van der Waals surface area (Å²) in [5.74, 6) is 0. The molecule has 0 saturated heterocycles. The van der Waals surface area contributed by atoms with Gasteiger partial charge in [0, 0.05) is 0 Å². The Kier molecular flexibility index (Phi) is 6.06. The molecule has 0 aromatic heterocycles. The minimum absolute atomic E-state index is 0.387. The fourth-order valence-corrected chi connectivity index (χ4v) is 3.28. The molecular weight excluding hydrogens is 472 g/mol. The number of nitro groups is 3. The molecule has 16 heteroatoms. The minimum Gasteiger partial charge on any atom is -0.342 e. The van der Waals surface area contributed by atoms with Gasteiger partial charge in [0.25, 0.3) is 5.69 Å². The number of hydrogen-bond acceptors (Lipinski definition) is 7. The zero-order chi connectivity index (χ0) is 22.3. The molecule has 29 heavy (non-hydrogen) atoms. The molecule has 154 valence electrons. The van der Waals surface area contributed by atoms with Crippen LogP contribution in [-0.2, 0) is 6.18 Å². The van der Waals surface area contributed by atoms with Crippen LogP contribution < -0.4 is 5.32 Å². The van der Waals surface area contributed by atoms with Crippen molar-refractivity contribution in [2.45, 2.75) is 6.18 Å². The van der Waals surface area contributed by atoms with E-state index in [0.29, 0.717) is 18.2 Å². The highest BCUT2D eigenvalue weighted by molar-refractivity contribution is 6.43. The SMILES string of the molecule is O=[N+]([O-])c1cc([N+](=O)[O-])c(Nc2c(Cl)cc(Cl)c(C(F)(F)F)c2Cl)c([N+](=O)[O-])c1. The van der Waals surface area contributed by atoms with Gasteiger partial charge in [-0.15, -0.1) is 0 Å². The normalized spacial score (nSPS) is 11.2. The highest BCUT2D eigenvalue weighted by Crippen LogP contribution is 2.48. The van der Waals surface area contributed by atoms with E-state index in [1.165, 1.54) is 0 Å². The zero-order valence-electron chi connectivity index (χ0n) is 13.3. The molecule has 1 N–H and O–H groups in total. The second-order valence-electron chi connectivity index (χ2n) is 5.16. The first-order valence-electron chi connectivity index (χ1n) is 6.88. The standard InChI is InChI=1S/C13H4Cl3F3N4O6/c14-5-3-6(15)11(10(16)9(5)13(17,18)19)20-12-7(22(26)27)1-4(21(24)25)2-8(12)23(28)29/h1-3,20H. The van der Waals surface area contributed by atoms with Crippen molar-refractivity contribution in [3.05, 3.63) is 69.2 Å².